The summed E-state index contributed by atoms with van der Waals surface area (Å²) in [4.78, 5) is 12.1. The highest BCUT2D eigenvalue weighted by Crippen LogP contribution is 2.35. The zero-order valence-electron chi connectivity index (χ0n) is 11.8. The molecule has 2 aromatic rings. The molecule has 1 aliphatic heterocycles. The highest BCUT2D eigenvalue weighted by molar-refractivity contribution is 6.36. The van der Waals surface area contributed by atoms with Gasteiger partial charge in [0.1, 0.15) is 12.4 Å². The molecule has 0 fully saturated rings. The Morgan fingerprint density at radius 1 is 1.23 bits per heavy atom. The van der Waals surface area contributed by atoms with Crippen LogP contribution in [0.15, 0.2) is 55.1 Å². The van der Waals surface area contributed by atoms with Gasteiger partial charge in [0.25, 0.3) is 5.91 Å². The van der Waals surface area contributed by atoms with Crippen molar-refractivity contribution in [1.82, 2.24) is 0 Å². The molecular weight excluding hydrogens is 298 g/mol. The summed E-state index contributed by atoms with van der Waals surface area (Å²) in [7, 11) is 0. The maximum absolute atomic E-state index is 12.1. The maximum atomic E-state index is 12.1. The van der Waals surface area contributed by atoms with E-state index in [0.717, 1.165) is 22.6 Å². The summed E-state index contributed by atoms with van der Waals surface area (Å²) < 4.78 is 5.51. The number of hydrogen-bond acceptors (Lipinski definition) is 2. The molecule has 1 aliphatic rings. The summed E-state index contributed by atoms with van der Waals surface area (Å²) in [5, 5.41) is 3.42. The quantitative estimate of drug-likeness (QED) is 0.671. The molecule has 0 bridgehead atoms. The third-order valence-corrected chi connectivity index (χ3v) is 3.54. The Labute approximate surface area is 133 Å². The highest BCUT2D eigenvalue weighted by atomic mass is 35.5. The second-order valence-electron chi connectivity index (χ2n) is 4.87. The van der Waals surface area contributed by atoms with Gasteiger partial charge in [0.05, 0.1) is 5.69 Å². The zero-order chi connectivity index (χ0) is 15.5. The number of halogens is 1. The first-order valence-corrected chi connectivity index (χ1v) is 7.22. The van der Waals surface area contributed by atoms with E-state index in [-0.39, 0.29) is 5.91 Å². The molecule has 110 valence electrons. The van der Waals surface area contributed by atoms with Crippen molar-refractivity contribution >= 4 is 34.8 Å². The average Bonchev–Trinajstić information content (AvgIpc) is 2.81. The van der Waals surface area contributed by atoms with E-state index >= 15 is 0 Å². The Hall–Kier alpha value is -2.52. The molecule has 3 nitrogen and oxygen atoms in total. The fraction of sp³-hybridized carbons (Fsp3) is 0.0556. The van der Waals surface area contributed by atoms with Crippen molar-refractivity contribution in [2.45, 2.75) is 0 Å². The van der Waals surface area contributed by atoms with E-state index in [4.69, 9.17) is 16.3 Å². The molecule has 1 heterocycles. The fourth-order valence-corrected chi connectivity index (χ4v) is 2.50. The van der Waals surface area contributed by atoms with Crippen LogP contribution < -0.4 is 10.1 Å². The monoisotopic (exact) mass is 311 g/mol. The standard InChI is InChI=1S/C18H14ClNO2/c1-2-8-22-14-5-3-4-12(9-14)10-16-15-7-6-13(19)11-17(15)20-18(16)21/h2-7,9-11H,1,8H2,(H,20,21)/b16-10+. The van der Waals surface area contributed by atoms with Crippen LogP contribution in [0.1, 0.15) is 11.1 Å². The van der Waals surface area contributed by atoms with Crippen molar-refractivity contribution in [3.63, 3.8) is 0 Å². The van der Waals surface area contributed by atoms with E-state index in [2.05, 4.69) is 11.9 Å². The summed E-state index contributed by atoms with van der Waals surface area (Å²) in [6.07, 6.45) is 3.53. The van der Waals surface area contributed by atoms with Crippen LogP contribution in [0.4, 0.5) is 5.69 Å². The largest absolute Gasteiger partial charge is 0.490 e. The topological polar surface area (TPSA) is 38.3 Å². The Bertz CT molecular complexity index is 780. The lowest BCUT2D eigenvalue weighted by molar-refractivity contribution is -0.110. The van der Waals surface area contributed by atoms with Gasteiger partial charge in [-0.1, -0.05) is 42.5 Å². The number of hydrogen-bond donors (Lipinski definition) is 1. The van der Waals surface area contributed by atoms with Crippen molar-refractivity contribution < 1.29 is 9.53 Å². The smallest absolute Gasteiger partial charge is 0.256 e. The van der Waals surface area contributed by atoms with Crippen LogP contribution in [-0.4, -0.2) is 12.5 Å². The van der Waals surface area contributed by atoms with Crippen molar-refractivity contribution in [1.29, 1.82) is 0 Å². The van der Waals surface area contributed by atoms with Gasteiger partial charge in [-0.15, -0.1) is 0 Å². The summed E-state index contributed by atoms with van der Waals surface area (Å²) in [6.45, 7) is 4.07. The van der Waals surface area contributed by atoms with Gasteiger partial charge in [-0.2, -0.15) is 0 Å². The fourth-order valence-electron chi connectivity index (χ4n) is 2.33. The normalized spacial score (nSPS) is 14.6. The van der Waals surface area contributed by atoms with Crippen LogP contribution in [0.2, 0.25) is 5.02 Å². The predicted octanol–water partition coefficient (Wildman–Crippen LogP) is 4.40. The van der Waals surface area contributed by atoms with Gasteiger partial charge in [-0.3, -0.25) is 4.79 Å². The lowest BCUT2D eigenvalue weighted by Gasteiger charge is -2.04. The highest BCUT2D eigenvalue weighted by Gasteiger charge is 2.24. The summed E-state index contributed by atoms with van der Waals surface area (Å²) in [5.74, 6) is 0.610. The average molecular weight is 312 g/mol. The van der Waals surface area contributed by atoms with Gasteiger partial charge < -0.3 is 10.1 Å². The maximum Gasteiger partial charge on any atom is 0.256 e. The predicted molar refractivity (Wildman–Crippen MR) is 90.1 cm³/mol. The minimum Gasteiger partial charge on any atom is -0.490 e. The SMILES string of the molecule is C=CCOc1cccc(/C=C2/C(=O)Nc3cc(Cl)ccc32)c1. The molecule has 0 radical (unpaired) electrons. The van der Waals surface area contributed by atoms with Crippen LogP contribution in [0.3, 0.4) is 0 Å². The van der Waals surface area contributed by atoms with Gasteiger partial charge in [-0.25, -0.2) is 0 Å². The number of carbonyl (C=O) groups excluding carboxylic acids is 1. The molecule has 0 aliphatic carbocycles. The van der Waals surface area contributed by atoms with Crippen LogP contribution in [0, 0.1) is 0 Å². The van der Waals surface area contributed by atoms with Crippen LogP contribution >= 0.6 is 11.6 Å². The van der Waals surface area contributed by atoms with Gasteiger partial charge in [0.2, 0.25) is 0 Å². The molecule has 0 atom stereocenters. The lowest BCUT2D eigenvalue weighted by atomic mass is 10.0. The molecule has 1 amide bonds. The summed E-state index contributed by atoms with van der Waals surface area (Å²) in [5.41, 5.74) is 3.11. The minimum absolute atomic E-state index is 0.130. The lowest BCUT2D eigenvalue weighted by Crippen LogP contribution is -2.03. The number of nitrogens with one attached hydrogen (secondary N) is 1. The van der Waals surface area contributed by atoms with Crippen LogP contribution in [-0.2, 0) is 4.79 Å². The van der Waals surface area contributed by atoms with Gasteiger partial charge in [0, 0.05) is 16.2 Å². The Morgan fingerprint density at radius 2 is 2.09 bits per heavy atom. The molecule has 0 saturated carbocycles. The molecule has 0 aromatic heterocycles. The first-order chi connectivity index (χ1) is 10.7. The minimum atomic E-state index is -0.130. The second-order valence-corrected chi connectivity index (χ2v) is 5.31. The van der Waals surface area contributed by atoms with Crippen LogP contribution in [0.5, 0.6) is 5.75 Å². The molecule has 0 unspecified atom stereocenters. The van der Waals surface area contributed by atoms with Crippen molar-refractivity contribution in [2.24, 2.45) is 0 Å². The van der Waals surface area contributed by atoms with Crippen molar-refractivity contribution in [3.05, 3.63) is 71.3 Å². The number of rotatable bonds is 4. The van der Waals surface area contributed by atoms with E-state index in [9.17, 15) is 4.79 Å². The Balaban J connectivity index is 1.96. The Kier molecular flexibility index (Phi) is 3.98. The zero-order valence-corrected chi connectivity index (χ0v) is 12.6. The number of amides is 1. The summed E-state index contributed by atoms with van der Waals surface area (Å²) >= 11 is 5.95. The van der Waals surface area contributed by atoms with E-state index in [0.29, 0.717) is 17.2 Å². The molecule has 3 rings (SSSR count). The molecule has 22 heavy (non-hydrogen) atoms. The number of ether oxygens (including phenoxy) is 1. The Morgan fingerprint density at radius 3 is 2.91 bits per heavy atom. The number of carbonyl (C=O) groups is 1. The molecular formula is C18H14ClNO2. The molecule has 0 spiro atoms. The van der Waals surface area contributed by atoms with Crippen LogP contribution in [0.25, 0.3) is 11.6 Å². The molecule has 4 heteroatoms. The van der Waals surface area contributed by atoms with E-state index in [1.54, 1.807) is 18.2 Å². The van der Waals surface area contributed by atoms with E-state index in [1.807, 2.05) is 36.4 Å². The van der Waals surface area contributed by atoms with Gasteiger partial charge in [-0.05, 0) is 35.9 Å². The number of benzene rings is 2. The second kappa shape index (κ2) is 6.08. The number of anilines is 1. The van der Waals surface area contributed by atoms with Crippen molar-refractivity contribution in [3.8, 4) is 5.75 Å². The summed E-state index contributed by atoms with van der Waals surface area (Å²) in [6, 6.07) is 12.9. The van der Waals surface area contributed by atoms with Crippen molar-refractivity contribution in [2.75, 3.05) is 11.9 Å². The number of fused-ring (bicyclic) bond motifs is 1. The molecule has 2 aromatic carbocycles. The third kappa shape index (κ3) is 2.90. The third-order valence-electron chi connectivity index (χ3n) is 3.30. The first kappa shape index (κ1) is 14.4. The van der Waals surface area contributed by atoms with E-state index < -0.39 is 0 Å². The molecule has 1 N–H and O–H groups in total. The van der Waals surface area contributed by atoms with Gasteiger partial charge in [0.15, 0.2) is 0 Å². The van der Waals surface area contributed by atoms with E-state index in [1.165, 1.54) is 0 Å². The molecule has 0 saturated heterocycles. The first-order valence-electron chi connectivity index (χ1n) is 6.84. The van der Waals surface area contributed by atoms with Gasteiger partial charge >= 0.3 is 0 Å².